The first kappa shape index (κ1) is 51.5. The van der Waals surface area contributed by atoms with Crippen molar-refractivity contribution in [3.8, 4) is 0 Å². The molecule has 0 bridgehead atoms. The maximum Gasteiger partial charge on any atom is 0.302 e. The summed E-state index contributed by atoms with van der Waals surface area (Å²) in [5.41, 5.74) is -3.94. The zero-order valence-corrected chi connectivity index (χ0v) is 37.3. The molecular formula is C34H68O14S2Si2. The number of ether oxygens (including phenoxy) is 5. The van der Waals surface area contributed by atoms with Crippen LogP contribution in [0.4, 0.5) is 0 Å². The summed E-state index contributed by atoms with van der Waals surface area (Å²) in [6.07, 6.45) is 2.10. The lowest BCUT2D eigenvalue weighted by Crippen LogP contribution is -2.71. The van der Waals surface area contributed by atoms with E-state index in [2.05, 4.69) is 0 Å². The number of aliphatic hydroxyl groups excluding tert-OH is 4. The van der Waals surface area contributed by atoms with E-state index in [1.54, 1.807) is 20.8 Å². The molecule has 0 saturated carbocycles. The van der Waals surface area contributed by atoms with E-state index in [-0.39, 0.29) is 43.1 Å². The van der Waals surface area contributed by atoms with Gasteiger partial charge in [-0.15, -0.1) is 0 Å². The van der Waals surface area contributed by atoms with Crippen LogP contribution in [0, 0.1) is 16.2 Å². The second-order valence-electron chi connectivity index (χ2n) is 12.9. The standard InChI is InChI=1S/C34H68O14S2Si2/c1-9-30(20-35,21-36)24-45-33(43-12-4,47-51-18-14-16-49-28(7)40)32(11-3,26-42-27(6)39)34(44-13-5,46-25-31(10-2,22-37)23-38)48-52-19-15-17-50-29(8)41/h35-38H,9-26,51-52H2,1-8H3. The highest BCUT2D eigenvalue weighted by Crippen LogP contribution is 2.53. The molecule has 2 unspecified atom stereocenters. The van der Waals surface area contributed by atoms with Gasteiger partial charge in [0, 0.05) is 56.3 Å². The van der Waals surface area contributed by atoms with Crippen LogP contribution >= 0.6 is 23.5 Å². The average molecular weight is 821 g/mol. The van der Waals surface area contributed by atoms with Crippen LogP contribution in [0.1, 0.15) is 87.5 Å². The molecule has 0 rings (SSSR count). The molecule has 0 spiro atoms. The average Bonchev–Trinajstić information content (AvgIpc) is 3.12. The fraction of sp³-hybridized carbons (Fsp3) is 0.912. The molecule has 2 atom stereocenters. The van der Waals surface area contributed by atoms with Gasteiger partial charge in [-0.25, -0.2) is 0 Å². The van der Waals surface area contributed by atoms with Crippen LogP contribution in [-0.4, -0.2) is 139 Å². The molecule has 4 N–H and O–H groups in total. The molecule has 14 nitrogen and oxygen atoms in total. The largest absolute Gasteiger partial charge is 0.465 e. The van der Waals surface area contributed by atoms with Crippen molar-refractivity contribution in [2.24, 2.45) is 16.2 Å². The van der Waals surface area contributed by atoms with Crippen molar-refractivity contribution < 1.29 is 67.3 Å². The van der Waals surface area contributed by atoms with Gasteiger partial charge in [-0.2, -0.15) is 0 Å². The zero-order valence-electron chi connectivity index (χ0n) is 32.8. The molecule has 0 radical (unpaired) electrons. The summed E-state index contributed by atoms with van der Waals surface area (Å²) in [6, 6.07) is 1.23. The molecule has 0 aromatic heterocycles. The normalized spacial score (nSPS) is 16.3. The summed E-state index contributed by atoms with van der Waals surface area (Å²) in [7, 11) is -3.08. The highest BCUT2D eigenvalue weighted by molar-refractivity contribution is 8.13. The third-order valence-corrected chi connectivity index (χ3v) is 13.8. The van der Waals surface area contributed by atoms with Gasteiger partial charge >= 0.3 is 5.97 Å². The van der Waals surface area contributed by atoms with E-state index in [0.717, 1.165) is 0 Å². The fourth-order valence-corrected chi connectivity index (χ4v) is 9.88. The maximum absolute atomic E-state index is 12.6. The molecule has 18 heteroatoms. The first-order chi connectivity index (χ1) is 24.7. The van der Waals surface area contributed by atoms with E-state index >= 15 is 0 Å². The van der Waals surface area contributed by atoms with Crippen molar-refractivity contribution in [2.45, 2.75) is 112 Å². The van der Waals surface area contributed by atoms with Crippen molar-refractivity contribution in [3.05, 3.63) is 0 Å². The Labute approximate surface area is 324 Å². The number of hydrogen-bond donors (Lipinski definition) is 4. The fourth-order valence-electron chi connectivity index (χ4n) is 5.27. The third kappa shape index (κ3) is 15.6. The second-order valence-corrected chi connectivity index (χ2v) is 18.3. The lowest BCUT2D eigenvalue weighted by atomic mass is 9.78. The summed E-state index contributed by atoms with van der Waals surface area (Å²) in [5, 5.41) is 41.7. The van der Waals surface area contributed by atoms with Gasteiger partial charge in [-0.3, -0.25) is 14.4 Å². The van der Waals surface area contributed by atoms with E-state index in [9.17, 15) is 34.8 Å². The Morgan fingerprint density at radius 1 is 0.577 bits per heavy atom. The number of rotatable bonds is 33. The minimum atomic E-state index is -2.10. The summed E-state index contributed by atoms with van der Waals surface area (Å²) < 4.78 is 46.0. The number of esters is 1. The van der Waals surface area contributed by atoms with Crippen LogP contribution in [-0.2, 0) is 46.9 Å². The number of carbonyl (C=O) groups is 3. The predicted octanol–water partition coefficient (Wildman–Crippen LogP) is 2.50. The first-order valence-corrected chi connectivity index (χ1v) is 23.5. The zero-order chi connectivity index (χ0) is 39.7. The highest BCUT2D eigenvalue weighted by atomic mass is 32.2. The van der Waals surface area contributed by atoms with Crippen molar-refractivity contribution in [1.82, 2.24) is 0 Å². The summed E-state index contributed by atoms with van der Waals surface area (Å²) >= 11 is 2.44. The van der Waals surface area contributed by atoms with E-state index in [1.807, 2.05) is 13.8 Å². The van der Waals surface area contributed by atoms with Crippen LogP contribution < -0.4 is 0 Å². The quantitative estimate of drug-likeness (QED) is 0.0326. The summed E-state index contributed by atoms with van der Waals surface area (Å²) in [4.78, 5) is 35.7. The number of aliphatic hydroxyl groups is 4. The Bertz CT molecular complexity index is 925. The molecule has 0 aliphatic heterocycles. The van der Waals surface area contributed by atoms with Crippen molar-refractivity contribution in [1.29, 1.82) is 0 Å². The summed E-state index contributed by atoms with van der Waals surface area (Å²) in [6.45, 7) is 10.7. The van der Waals surface area contributed by atoms with E-state index in [0.29, 0.717) is 49.3 Å². The monoisotopic (exact) mass is 820 g/mol. The van der Waals surface area contributed by atoms with Crippen molar-refractivity contribution in [2.75, 3.05) is 71.0 Å². The van der Waals surface area contributed by atoms with E-state index in [1.165, 1.54) is 44.3 Å². The smallest absolute Gasteiger partial charge is 0.302 e. The lowest BCUT2D eigenvalue weighted by Gasteiger charge is -2.56. The van der Waals surface area contributed by atoms with E-state index < -0.39 is 86.7 Å². The minimum absolute atomic E-state index is 0.0126. The maximum atomic E-state index is 12.6. The molecule has 0 aromatic carbocycles. The molecule has 0 aromatic rings. The Hall–Kier alpha value is -0.456. The number of thioether (sulfide) groups is 2. The van der Waals surface area contributed by atoms with Gasteiger partial charge in [0.25, 0.3) is 11.9 Å². The van der Waals surface area contributed by atoms with Crippen LogP contribution in [0.3, 0.4) is 0 Å². The summed E-state index contributed by atoms with van der Waals surface area (Å²) in [5.74, 6) is -3.62. The molecule has 0 aliphatic rings. The van der Waals surface area contributed by atoms with Gasteiger partial charge in [0.05, 0.1) is 39.6 Å². The van der Waals surface area contributed by atoms with Gasteiger partial charge in [0.15, 0.2) is 35.2 Å². The Morgan fingerprint density at radius 2 is 0.962 bits per heavy atom. The predicted molar refractivity (Wildman–Crippen MR) is 208 cm³/mol. The third-order valence-electron chi connectivity index (χ3n) is 9.22. The molecule has 0 fully saturated rings. The Morgan fingerprint density at radius 3 is 1.23 bits per heavy atom. The number of hydrogen-bond acceptors (Lipinski definition) is 16. The topological polar surface area (TPSA) is 197 Å². The van der Waals surface area contributed by atoms with Crippen molar-refractivity contribution >= 4 is 59.2 Å². The van der Waals surface area contributed by atoms with Crippen LogP contribution in [0.15, 0.2) is 0 Å². The van der Waals surface area contributed by atoms with E-state index in [4.69, 9.17) is 32.5 Å². The molecule has 0 heterocycles. The lowest BCUT2D eigenvalue weighted by molar-refractivity contribution is -0.506. The molecular weight excluding hydrogens is 753 g/mol. The van der Waals surface area contributed by atoms with Gasteiger partial charge < -0.3 is 53.0 Å². The van der Waals surface area contributed by atoms with Crippen LogP contribution in [0.2, 0.25) is 12.1 Å². The first-order valence-electron chi connectivity index (χ1n) is 18.4. The highest BCUT2D eigenvalue weighted by Gasteiger charge is 2.70. The van der Waals surface area contributed by atoms with Gasteiger partial charge in [0.2, 0.25) is 0 Å². The number of carbonyl (C=O) groups excluding carboxylic acids is 3. The van der Waals surface area contributed by atoms with Gasteiger partial charge in [-0.05, 0) is 58.0 Å². The Balaban J connectivity index is 7.76. The molecule has 0 aliphatic carbocycles. The molecule has 0 saturated heterocycles. The van der Waals surface area contributed by atoms with Gasteiger partial charge in [-0.1, -0.05) is 44.3 Å². The Kier molecular flexibility index (Phi) is 27.0. The van der Waals surface area contributed by atoms with Crippen LogP contribution in [0.25, 0.3) is 0 Å². The molecule has 308 valence electrons. The molecule has 0 amide bonds. The minimum Gasteiger partial charge on any atom is -0.465 e. The molecule has 52 heavy (non-hydrogen) atoms. The second kappa shape index (κ2) is 27.2. The van der Waals surface area contributed by atoms with Crippen LogP contribution in [0.5, 0.6) is 0 Å². The SMILES string of the molecule is CCOC(OCC(CC)(CO)CO)(O[SiH2]CCCSC(C)=O)C(CC)(COC(C)=O)C(OCC)(OCC(CC)(CO)CO)O[SiH2]CCCSC(C)=O. The van der Waals surface area contributed by atoms with Gasteiger partial charge in [0.1, 0.15) is 6.61 Å². The van der Waals surface area contributed by atoms with Crippen molar-refractivity contribution in [3.63, 3.8) is 0 Å².